The molecule has 0 aliphatic carbocycles. The molecule has 0 heterocycles. The van der Waals surface area contributed by atoms with Crippen molar-refractivity contribution >= 4 is 0 Å². The first-order valence-electron chi connectivity index (χ1n) is 5.38. The molecule has 0 nitrogen and oxygen atoms in total. The maximum atomic E-state index is 12.9. The topological polar surface area (TPSA) is 0 Å². The van der Waals surface area contributed by atoms with E-state index in [1.54, 1.807) is 12.1 Å². The van der Waals surface area contributed by atoms with Crippen LogP contribution in [-0.2, 0) is 6.42 Å². The molecule has 0 amide bonds. The van der Waals surface area contributed by atoms with E-state index in [0.717, 1.165) is 12.0 Å². The van der Waals surface area contributed by atoms with Gasteiger partial charge in [-0.1, -0.05) is 42.0 Å². The SMILES string of the molecule is Cc1ccc(C[CH]c2cccc(F)c2)cc1. The van der Waals surface area contributed by atoms with Crippen LogP contribution in [0, 0.1) is 19.2 Å². The third-order valence-corrected chi connectivity index (χ3v) is 2.54. The smallest absolute Gasteiger partial charge is 0.123 e. The number of aryl methyl sites for hydroxylation is 1. The fourth-order valence-corrected chi connectivity index (χ4v) is 1.59. The van der Waals surface area contributed by atoms with Crippen LogP contribution in [-0.4, -0.2) is 0 Å². The van der Waals surface area contributed by atoms with Crippen LogP contribution in [0.2, 0.25) is 0 Å². The van der Waals surface area contributed by atoms with E-state index in [1.807, 2.05) is 12.5 Å². The van der Waals surface area contributed by atoms with Gasteiger partial charge in [-0.2, -0.15) is 0 Å². The highest BCUT2D eigenvalue weighted by Crippen LogP contribution is 2.11. The van der Waals surface area contributed by atoms with Crippen LogP contribution in [0.4, 0.5) is 4.39 Å². The average molecular weight is 213 g/mol. The third kappa shape index (κ3) is 2.93. The quantitative estimate of drug-likeness (QED) is 0.724. The van der Waals surface area contributed by atoms with Gasteiger partial charge < -0.3 is 0 Å². The summed E-state index contributed by atoms with van der Waals surface area (Å²) in [7, 11) is 0. The Balaban J connectivity index is 1.99. The summed E-state index contributed by atoms with van der Waals surface area (Å²) in [5, 5.41) is 0. The molecule has 0 aromatic heterocycles. The molecular formula is C15H14F. The van der Waals surface area contributed by atoms with Gasteiger partial charge in [0.25, 0.3) is 0 Å². The third-order valence-electron chi connectivity index (χ3n) is 2.54. The summed E-state index contributed by atoms with van der Waals surface area (Å²) < 4.78 is 12.9. The first kappa shape index (κ1) is 10.9. The van der Waals surface area contributed by atoms with Gasteiger partial charge in [0.1, 0.15) is 5.82 Å². The lowest BCUT2D eigenvalue weighted by atomic mass is 10.0. The number of rotatable bonds is 3. The van der Waals surface area contributed by atoms with Crippen LogP contribution in [0.3, 0.4) is 0 Å². The van der Waals surface area contributed by atoms with E-state index in [2.05, 4.69) is 31.2 Å². The Kier molecular flexibility index (Phi) is 3.35. The van der Waals surface area contributed by atoms with Gasteiger partial charge in [0.2, 0.25) is 0 Å². The van der Waals surface area contributed by atoms with E-state index in [9.17, 15) is 4.39 Å². The van der Waals surface area contributed by atoms with Gasteiger partial charge in [-0.05, 0) is 43.0 Å². The normalized spacial score (nSPS) is 10.4. The van der Waals surface area contributed by atoms with Gasteiger partial charge in [-0.25, -0.2) is 4.39 Å². The maximum absolute atomic E-state index is 12.9. The van der Waals surface area contributed by atoms with Crippen molar-refractivity contribution in [3.63, 3.8) is 0 Å². The van der Waals surface area contributed by atoms with E-state index in [1.165, 1.54) is 17.2 Å². The molecule has 1 heteroatoms. The highest BCUT2D eigenvalue weighted by atomic mass is 19.1. The summed E-state index contributed by atoms with van der Waals surface area (Å²) in [6.07, 6.45) is 2.87. The van der Waals surface area contributed by atoms with Crippen molar-refractivity contribution in [1.82, 2.24) is 0 Å². The molecule has 0 aliphatic rings. The van der Waals surface area contributed by atoms with E-state index in [0.29, 0.717) is 0 Å². The van der Waals surface area contributed by atoms with Crippen molar-refractivity contribution in [2.75, 3.05) is 0 Å². The molecule has 0 N–H and O–H groups in total. The largest absolute Gasteiger partial charge is 0.207 e. The molecule has 0 atom stereocenters. The zero-order valence-corrected chi connectivity index (χ0v) is 9.28. The molecule has 2 aromatic rings. The number of hydrogen-bond donors (Lipinski definition) is 0. The molecule has 0 aliphatic heterocycles. The number of halogens is 1. The highest BCUT2D eigenvalue weighted by molar-refractivity contribution is 5.29. The van der Waals surface area contributed by atoms with Gasteiger partial charge in [0.05, 0.1) is 0 Å². The lowest BCUT2D eigenvalue weighted by Crippen LogP contribution is -1.89. The standard InChI is InChI=1S/C15H14F/c1-12-5-7-13(8-6-12)9-10-14-3-2-4-15(16)11-14/h2-8,10-11H,9H2,1H3. The van der Waals surface area contributed by atoms with Gasteiger partial charge in [0.15, 0.2) is 0 Å². The number of hydrogen-bond acceptors (Lipinski definition) is 0. The summed E-state index contributed by atoms with van der Waals surface area (Å²) in [5.41, 5.74) is 3.44. The zero-order valence-electron chi connectivity index (χ0n) is 9.28. The van der Waals surface area contributed by atoms with E-state index in [4.69, 9.17) is 0 Å². The Labute approximate surface area is 95.7 Å². The molecule has 0 spiro atoms. The summed E-state index contributed by atoms with van der Waals surface area (Å²) in [6, 6.07) is 15.0. The molecule has 0 unspecified atom stereocenters. The Morgan fingerprint density at radius 1 is 1.06 bits per heavy atom. The van der Waals surface area contributed by atoms with Gasteiger partial charge in [0, 0.05) is 0 Å². The Hall–Kier alpha value is -1.63. The van der Waals surface area contributed by atoms with E-state index < -0.39 is 0 Å². The zero-order chi connectivity index (χ0) is 11.4. The lowest BCUT2D eigenvalue weighted by molar-refractivity contribution is 0.627. The molecule has 1 radical (unpaired) electrons. The minimum absolute atomic E-state index is 0.183. The summed E-state index contributed by atoms with van der Waals surface area (Å²) >= 11 is 0. The van der Waals surface area contributed by atoms with Gasteiger partial charge in [-0.15, -0.1) is 0 Å². The van der Waals surface area contributed by atoms with Gasteiger partial charge >= 0.3 is 0 Å². The second kappa shape index (κ2) is 4.93. The first-order valence-corrected chi connectivity index (χ1v) is 5.38. The van der Waals surface area contributed by atoms with Gasteiger partial charge in [-0.3, -0.25) is 0 Å². The molecule has 0 saturated heterocycles. The van der Waals surface area contributed by atoms with Crippen LogP contribution in [0.1, 0.15) is 16.7 Å². The Bertz CT molecular complexity index is 457. The van der Waals surface area contributed by atoms with Crippen LogP contribution in [0.5, 0.6) is 0 Å². The Morgan fingerprint density at radius 2 is 1.81 bits per heavy atom. The van der Waals surface area contributed by atoms with Crippen molar-refractivity contribution in [2.24, 2.45) is 0 Å². The summed E-state index contributed by atoms with van der Waals surface area (Å²) in [6.45, 7) is 2.07. The molecule has 16 heavy (non-hydrogen) atoms. The first-order chi connectivity index (χ1) is 7.74. The molecule has 81 valence electrons. The Morgan fingerprint density at radius 3 is 2.50 bits per heavy atom. The highest BCUT2D eigenvalue weighted by Gasteiger charge is 1.97. The van der Waals surface area contributed by atoms with Crippen LogP contribution in [0.15, 0.2) is 48.5 Å². The fourth-order valence-electron chi connectivity index (χ4n) is 1.59. The van der Waals surface area contributed by atoms with Crippen molar-refractivity contribution in [3.05, 3.63) is 77.5 Å². The average Bonchev–Trinajstić information content (AvgIpc) is 2.28. The van der Waals surface area contributed by atoms with Crippen molar-refractivity contribution in [1.29, 1.82) is 0 Å². The lowest BCUT2D eigenvalue weighted by Gasteiger charge is -2.02. The predicted molar refractivity (Wildman–Crippen MR) is 64.7 cm³/mol. The molecule has 0 saturated carbocycles. The van der Waals surface area contributed by atoms with Crippen LogP contribution < -0.4 is 0 Å². The minimum atomic E-state index is -0.183. The summed E-state index contributed by atoms with van der Waals surface area (Å²) in [4.78, 5) is 0. The second-order valence-corrected chi connectivity index (χ2v) is 3.95. The van der Waals surface area contributed by atoms with Crippen LogP contribution in [0.25, 0.3) is 0 Å². The molecule has 2 rings (SSSR count). The predicted octanol–water partition coefficient (Wildman–Crippen LogP) is 3.93. The van der Waals surface area contributed by atoms with E-state index in [-0.39, 0.29) is 5.82 Å². The molecule has 2 aromatic carbocycles. The molecular weight excluding hydrogens is 199 g/mol. The second-order valence-electron chi connectivity index (χ2n) is 3.95. The van der Waals surface area contributed by atoms with Crippen molar-refractivity contribution in [2.45, 2.75) is 13.3 Å². The molecule has 0 fully saturated rings. The number of benzene rings is 2. The van der Waals surface area contributed by atoms with Crippen molar-refractivity contribution in [3.8, 4) is 0 Å². The summed E-state index contributed by atoms with van der Waals surface area (Å²) in [5.74, 6) is -0.183. The maximum Gasteiger partial charge on any atom is 0.123 e. The monoisotopic (exact) mass is 213 g/mol. The molecule has 0 bridgehead atoms. The van der Waals surface area contributed by atoms with Crippen molar-refractivity contribution < 1.29 is 4.39 Å². The fraction of sp³-hybridized carbons (Fsp3) is 0.133. The van der Waals surface area contributed by atoms with E-state index >= 15 is 0 Å². The minimum Gasteiger partial charge on any atom is -0.207 e. The van der Waals surface area contributed by atoms with Crippen LogP contribution >= 0.6 is 0 Å².